The zero-order valence-corrected chi connectivity index (χ0v) is 11.0. The molecule has 3 rings (SSSR count). The minimum absolute atomic E-state index is 0.278. The standard InChI is InChI=1S/C14H17FO4/c1-13(2)17-8-12(19-13)14(16)6-5-9-7-10(15)3-4-11(9)18-14/h3-4,7,12,16H,5-6,8H2,1-2H3. The van der Waals surface area contributed by atoms with Crippen molar-refractivity contribution in [3.8, 4) is 5.75 Å². The Balaban J connectivity index is 1.82. The van der Waals surface area contributed by atoms with Crippen LogP contribution in [0, 0.1) is 5.82 Å². The Bertz CT molecular complexity index is 502. The van der Waals surface area contributed by atoms with Crippen molar-refractivity contribution in [1.82, 2.24) is 0 Å². The molecule has 0 bridgehead atoms. The summed E-state index contributed by atoms with van der Waals surface area (Å²) in [5, 5.41) is 10.6. The Morgan fingerprint density at radius 2 is 2.16 bits per heavy atom. The van der Waals surface area contributed by atoms with E-state index in [1.54, 1.807) is 13.8 Å². The molecule has 2 aliphatic rings. The molecule has 0 spiro atoms. The summed E-state index contributed by atoms with van der Waals surface area (Å²) in [6, 6.07) is 4.29. The van der Waals surface area contributed by atoms with Gasteiger partial charge in [-0.3, -0.25) is 0 Å². The second kappa shape index (κ2) is 4.16. The molecule has 1 aromatic carbocycles. The molecule has 0 radical (unpaired) electrons. The lowest BCUT2D eigenvalue weighted by molar-refractivity contribution is -0.239. The zero-order chi connectivity index (χ0) is 13.7. The highest BCUT2D eigenvalue weighted by Gasteiger charge is 2.49. The van der Waals surface area contributed by atoms with E-state index in [1.807, 2.05) is 0 Å². The number of hydrogen-bond acceptors (Lipinski definition) is 4. The first kappa shape index (κ1) is 12.8. The van der Waals surface area contributed by atoms with Gasteiger partial charge in [0.2, 0.25) is 5.79 Å². The van der Waals surface area contributed by atoms with E-state index in [0.717, 1.165) is 5.56 Å². The van der Waals surface area contributed by atoms with Gasteiger partial charge in [-0.25, -0.2) is 4.39 Å². The summed E-state index contributed by atoms with van der Waals surface area (Å²) < 4.78 is 29.9. The highest BCUT2D eigenvalue weighted by atomic mass is 19.1. The molecular formula is C14H17FO4. The lowest BCUT2D eigenvalue weighted by Crippen LogP contribution is -2.51. The van der Waals surface area contributed by atoms with Crippen molar-refractivity contribution >= 4 is 0 Å². The maximum atomic E-state index is 13.1. The lowest BCUT2D eigenvalue weighted by Gasteiger charge is -2.37. The molecular weight excluding hydrogens is 251 g/mol. The van der Waals surface area contributed by atoms with Gasteiger partial charge in [0.15, 0.2) is 5.79 Å². The van der Waals surface area contributed by atoms with E-state index in [0.29, 0.717) is 18.6 Å². The Morgan fingerprint density at radius 1 is 1.37 bits per heavy atom. The van der Waals surface area contributed by atoms with Crippen LogP contribution in [0.3, 0.4) is 0 Å². The Labute approximate surface area is 111 Å². The van der Waals surface area contributed by atoms with E-state index in [9.17, 15) is 9.50 Å². The molecule has 0 amide bonds. The lowest BCUT2D eigenvalue weighted by atomic mass is 9.96. The number of aryl methyl sites for hydroxylation is 1. The number of aliphatic hydroxyl groups is 1. The van der Waals surface area contributed by atoms with Gasteiger partial charge in [0.25, 0.3) is 0 Å². The minimum atomic E-state index is -1.42. The second-order valence-electron chi connectivity index (χ2n) is 5.52. The van der Waals surface area contributed by atoms with Crippen LogP contribution in [-0.4, -0.2) is 29.4 Å². The summed E-state index contributed by atoms with van der Waals surface area (Å²) in [6.07, 6.45) is 0.359. The molecule has 0 aliphatic carbocycles. The first-order valence-electron chi connectivity index (χ1n) is 6.40. The summed E-state index contributed by atoms with van der Waals surface area (Å²) in [5.74, 6) is -1.93. The Morgan fingerprint density at radius 3 is 2.84 bits per heavy atom. The summed E-state index contributed by atoms with van der Waals surface area (Å²) >= 11 is 0. The third-order valence-corrected chi connectivity index (χ3v) is 3.57. The van der Waals surface area contributed by atoms with Crippen LogP contribution in [0.5, 0.6) is 5.75 Å². The number of fused-ring (bicyclic) bond motifs is 1. The van der Waals surface area contributed by atoms with Crippen molar-refractivity contribution in [2.75, 3.05) is 6.61 Å². The van der Waals surface area contributed by atoms with Crippen LogP contribution in [-0.2, 0) is 15.9 Å². The topological polar surface area (TPSA) is 47.9 Å². The fourth-order valence-corrected chi connectivity index (χ4v) is 2.53. The van der Waals surface area contributed by atoms with E-state index in [4.69, 9.17) is 14.2 Å². The fraction of sp³-hybridized carbons (Fsp3) is 0.571. The van der Waals surface area contributed by atoms with Crippen molar-refractivity contribution in [2.45, 2.75) is 44.4 Å². The van der Waals surface area contributed by atoms with Gasteiger partial charge in [0.1, 0.15) is 17.7 Å². The largest absolute Gasteiger partial charge is 0.459 e. The van der Waals surface area contributed by atoms with Crippen LogP contribution in [0.2, 0.25) is 0 Å². The molecule has 1 N–H and O–H groups in total. The van der Waals surface area contributed by atoms with Gasteiger partial charge in [-0.2, -0.15) is 0 Å². The second-order valence-corrected chi connectivity index (χ2v) is 5.52. The average Bonchev–Trinajstić information content (AvgIpc) is 2.71. The van der Waals surface area contributed by atoms with Crippen molar-refractivity contribution in [1.29, 1.82) is 0 Å². The molecule has 0 aromatic heterocycles. The van der Waals surface area contributed by atoms with Gasteiger partial charge >= 0.3 is 0 Å². The van der Waals surface area contributed by atoms with Gasteiger partial charge in [0, 0.05) is 6.42 Å². The molecule has 104 valence electrons. The third kappa shape index (κ3) is 2.33. The molecule has 4 nitrogen and oxygen atoms in total. The van der Waals surface area contributed by atoms with Crippen molar-refractivity contribution in [3.63, 3.8) is 0 Å². The van der Waals surface area contributed by atoms with Gasteiger partial charge in [-0.05, 0) is 44.0 Å². The van der Waals surface area contributed by atoms with Crippen molar-refractivity contribution in [3.05, 3.63) is 29.6 Å². The van der Waals surface area contributed by atoms with Crippen LogP contribution in [0.15, 0.2) is 18.2 Å². The predicted molar refractivity (Wildman–Crippen MR) is 65.2 cm³/mol. The van der Waals surface area contributed by atoms with Crippen LogP contribution in [0.4, 0.5) is 4.39 Å². The molecule has 2 atom stereocenters. The van der Waals surface area contributed by atoms with E-state index >= 15 is 0 Å². The van der Waals surface area contributed by atoms with Crippen LogP contribution >= 0.6 is 0 Å². The Kier molecular flexibility index (Phi) is 2.81. The predicted octanol–water partition coefficient (Wildman–Crippen LogP) is 1.99. The van der Waals surface area contributed by atoms with E-state index in [1.165, 1.54) is 18.2 Å². The monoisotopic (exact) mass is 268 g/mol. The smallest absolute Gasteiger partial charge is 0.237 e. The maximum absolute atomic E-state index is 13.1. The molecule has 1 saturated heterocycles. The third-order valence-electron chi connectivity index (χ3n) is 3.57. The average molecular weight is 268 g/mol. The number of rotatable bonds is 1. The summed E-state index contributed by atoms with van der Waals surface area (Å²) in [4.78, 5) is 0. The van der Waals surface area contributed by atoms with E-state index < -0.39 is 17.7 Å². The maximum Gasteiger partial charge on any atom is 0.237 e. The van der Waals surface area contributed by atoms with Crippen molar-refractivity contribution < 1.29 is 23.7 Å². The fourth-order valence-electron chi connectivity index (χ4n) is 2.53. The first-order chi connectivity index (χ1) is 8.88. The van der Waals surface area contributed by atoms with E-state index in [2.05, 4.69) is 0 Å². The van der Waals surface area contributed by atoms with Crippen LogP contribution < -0.4 is 4.74 Å². The molecule has 0 saturated carbocycles. The van der Waals surface area contributed by atoms with Gasteiger partial charge < -0.3 is 19.3 Å². The number of benzene rings is 1. The minimum Gasteiger partial charge on any atom is -0.459 e. The SMILES string of the molecule is CC1(C)OCC(C2(O)CCc3cc(F)ccc3O2)O1. The zero-order valence-electron chi connectivity index (χ0n) is 11.0. The molecule has 2 unspecified atom stereocenters. The summed E-state index contributed by atoms with van der Waals surface area (Å²) in [6.45, 7) is 3.87. The number of hydrogen-bond donors (Lipinski definition) is 1. The van der Waals surface area contributed by atoms with Crippen molar-refractivity contribution in [2.24, 2.45) is 0 Å². The first-order valence-corrected chi connectivity index (χ1v) is 6.40. The highest BCUT2D eigenvalue weighted by molar-refractivity contribution is 5.36. The molecule has 5 heteroatoms. The highest BCUT2D eigenvalue weighted by Crippen LogP contribution is 2.38. The molecule has 1 aromatic rings. The number of ether oxygens (including phenoxy) is 3. The van der Waals surface area contributed by atoms with Gasteiger partial charge in [-0.1, -0.05) is 0 Å². The van der Waals surface area contributed by atoms with E-state index in [-0.39, 0.29) is 12.4 Å². The Hall–Kier alpha value is -1.17. The van der Waals surface area contributed by atoms with Crippen LogP contribution in [0.25, 0.3) is 0 Å². The normalized spacial score (nSPS) is 32.7. The van der Waals surface area contributed by atoms with Gasteiger partial charge in [-0.15, -0.1) is 0 Å². The number of halogens is 1. The van der Waals surface area contributed by atoms with Crippen LogP contribution in [0.1, 0.15) is 25.8 Å². The summed E-state index contributed by atoms with van der Waals surface area (Å²) in [5.41, 5.74) is 0.767. The molecule has 1 fully saturated rings. The molecule has 2 aliphatic heterocycles. The van der Waals surface area contributed by atoms with Gasteiger partial charge in [0.05, 0.1) is 6.61 Å². The quantitative estimate of drug-likeness (QED) is 0.846. The molecule has 2 heterocycles. The molecule has 19 heavy (non-hydrogen) atoms. The summed E-state index contributed by atoms with van der Waals surface area (Å²) in [7, 11) is 0.